The second kappa shape index (κ2) is 8.90. The predicted octanol–water partition coefficient (Wildman–Crippen LogP) is -0.193. The molecule has 1 fully saturated rings. The van der Waals surface area contributed by atoms with Crippen molar-refractivity contribution in [2.45, 2.75) is 38.7 Å². The highest BCUT2D eigenvalue weighted by molar-refractivity contribution is 5.89. The first-order chi connectivity index (χ1) is 9.69. The van der Waals surface area contributed by atoms with Crippen LogP contribution in [0.15, 0.2) is 24.3 Å². The maximum absolute atomic E-state index is 12.0. The number of carbonyl (C=O) groups excluding carboxylic acids is 1. The third-order valence-electron chi connectivity index (χ3n) is 3.78. The summed E-state index contributed by atoms with van der Waals surface area (Å²) in [5, 5.41) is 0. The quantitative estimate of drug-likeness (QED) is 0.605. The molecule has 0 atom stereocenters. The number of piperidine rings is 1. The van der Waals surface area contributed by atoms with Gasteiger partial charge in [-0.25, -0.2) is 4.79 Å². The molecule has 1 aromatic carbocycles. The molecule has 0 saturated carbocycles. The first-order valence-corrected chi connectivity index (χ1v) is 7.48. The Morgan fingerprint density at radius 1 is 1.33 bits per heavy atom. The van der Waals surface area contributed by atoms with Crippen LogP contribution in [0.5, 0.6) is 0 Å². The van der Waals surface area contributed by atoms with Crippen molar-refractivity contribution in [1.82, 2.24) is 4.90 Å². The molecule has 2 rings (SSSR count). The van der Waals surface area contributed by atoms with Gasteiger partial charge in [-0.15, -0.1) is 0 Å². The Bertz CT molecular complexity index is 434. The molecule has 1 aromatic rings. The molecule has 0 amide bonds. The molecular formula is C16H25ClN2O2. The number of anilines is 1. The van der Waals surface area contributed by atoms with Gasteiger partial charge < -0.3 is 27.8 Å². The number of ether oxygens (including phenoxy) is 1. The molecule has 1 saturated heterocycles. The van der Waals surface area contributed by atoms with Crippen LogP contribution in [0.2, 0.25) is 0 Å². The fraction of sp³-hybridized carbons (Fsp3) is 0.562. The van der Waals surface area contributed by atoms with Gasteiger partial charge in [0, 0.05) is 18.8 Å². The molecule has 0 aromatic heterocycles. The average Bonchev–Trinajstić information content (AvgIpc) is 2.47. The van der Waals surface area contributed by atoms with Crippen molar-refractivity contribution >= 4 is 11.7 Å². The van der Waals surface area contributed by atoms with E-state index in [-0.39, 0.29) is 25.9 Å². The average molecular weight is 313 g/mol. The number of benzene rings is 1. The number of nitrogen functional groups attached to an aromatic ring is 1. The van der Waals surface area contributed by atoms with Crippen LogP contribution < -0.4 is 18.1 Å². The van der Waals surface area contributed by atoms with Crippen molar-refractivity contribution in [3.05, 3.63) is 29.8 Å². The largest absolute Gasteiger partial charge is 1.00 e. The second-order valence-electron chi connectivity index (χ2n) is 5.42. The molecule has 0 spiro atoms. The minimum absolute atomic E-state index is 0. The van der Waals surface area contributed by atoms with Crippen LogP contribution >= 0.6 is 0 Å². The van der Waals surface area contributed by atoms with Crippen LogP contribution in [-0.2, 0) is 4.74 Å². The Morgan fingerprint density at radius 2 is 1.95 bits per heavy atom. The Hall–Kier alpha value is -1.26. The molecule has 118 valence electrons. The van der Waals surface area contributed by atoms with Crippen molar-refractivity contribution in [1.29, 1.82) is 0 Å². The van der Waals surface area contributed by atoms with E-state index in [2.05, 4.69) is 11.8 Å². The van der Waals surface area contributed by atoms with Gasteiger partial charge in [-0.05, 0) is 50.1 Å². The Morgan fingerprint density at radius 3 is 2.52 bits per heavy atom. The number of nitrogens with two attached hydrogens (primary N) is 1. The summed E-state index contributed by atoms with van der Waals surface area (Å²) in [6.07, 6.45) is 4.40. The van der Waals surface area contributed by atoms with Gasteiger partial charge in [0.05, 0.1) is 5.56 Å². The summed E-state index contributed by atoms with van der Waals surface area (Å²) in [5.74, 6) is -0.239. The molecule has 0 radical (unpaired) electrons. The summed E-state index contributed by atoms with van der Waals surface area (Å²) < 4.78 is 5.56. The fourth-order valence-corrected chi connectivity index (χ4v) is 2.47. The van der Waals surface area contributed by atoms with Gasteiger partial charge >= 0.3 is 7.40 Å². The Balaban J connectivity index is 0.00000220. The lowest BCUT2D eigenvalue weighted by molar-refractivity contribution is -0.0000792. The van der Waals surface area contributed by atoms with Gasteiger partial charge in [0.2, 0.25) is 0 Å². The summed E-state index contributed by atoms with van der Waals surface area (Å²) in [7, 11) is 0. The maximum atomic E-state index is 12.0. The molecule has 0 aliphatic carbocycles. The number of halogens is 1. The smallest absolute Gasteiger partial charge is 1.00 e. The molecule has 1 heterocycles. The van der Waals surface area contributed by atoms with Gasteiger partial charge in [-0.3, -0.25) is 0 Å². The SMILES string of the molecule is CCCCN1CCC(OC(=O)c2ccc(N)cc2)CC1.[Cl-].[H+]. The van der Waals surface area contributed by atoms with Crippen molar-refractivity contribution in [2.24, 2.45) is 0 Å². The van der Waals surface area contributed by atoms with E-state index < -0.39 is 0 Å². The van der Waals surface area contributed by atoms with Crippen LogP contribution in [0.25, 0.3) is 0 Å². The van der Waals surface area contributed by atoms with E-state index in [9.17, 15) is 4.79 Å². The van der Waals surface area contributed by atoms with Crippen LogP contribution in [0.3, 0.4) is 0 Å². The van der Waals surface area contributed by atoms with Gasteiger partial charge in [0.1, 0.15) is 6.10 Å². The highest BCUT2D eigenvalue weighted by atomic mass is 35.5. The van der Waals surface area contributed by atoms with E-state index in [0.717, 1.165) is 32.5 Å². The molecule has 5 heteroatoms. The number of rotatable bonds is 5. The van der Waals surface area contributed by atoms with Crippen molar-refractivity contribution in [2.75, 3.05) is 25.4 Å². The summed E-state index contributed by atoms with van der Waals surface area (Å²) in [4.78, 5) is 14.5. The lowest BCUT2D eigenvalue weighted by atomic mass is 10.1. The number of unbranched alkanes of at least 4 members (excludes halogenated alkanes) is 1. The van der Waals surface area contributed by atoms with Gasteiger partial charge in [-0.2, -0.15) is 0 Å². The molecule has 1 aliphatic rings. The number of nitrogens with zero attached hydrogens (tertiary/aromatic N) is 1. The number of hydrogen-bond acceptors (Lipinski definition) is 4. The molecule has 0 bridgehead atoms. The van der Waals surface area contributed by atoms with Gasteiger partial charge in [-0.1, -0.05) is 13.3 Å². The summed E-state index contributed by atoms with van der Waals surface area (Å²) in [6.45, 7) is 5.43. The van der Waals surface area contributed by atoms with Crippen LogP contribution in [0.4, 0.5) is 5.69 Å². The molecular weight excluding hydrogens is 288 g/mol. The molecule has 2 N–H and O–H groups in total. The fourth-order valence-electron chi connectivity index (χ4n) is 2.47. The number of hydrogen-bond donors (Lipinski definition) is 1. The van der Waals surface area contributed by atoms with E-state index in [1.165, 1.54) is 12.8 Å². The highest BCUT2D eigenvalue weighted by Crippen LogP contribution is 2.16. The second-order valence-corrected chi connectivity index (χ2v) is 5.42. The zero-order chi connectivity index (χ0) is 14.4. The highest BCUT2D eigenvalue weighted by Gasteiger charge is 2.22. The first kappa shape index (κ1) is 17.8. The molecule has 0 unspecified atom stereocenters. The molecule has 1 aliphatic heterocycles. The minimum atomic E-state index is -0.239. The number of esters is 1. The lowest BCUT2D eigenvalue weighted by Gasteiger charge is -2.31. The summed E-state index contributed by atoms with van der Waals surface area (Å²) in [5.41, 5.74) is 6.84. The van der Waals surface area contributed by atoms with Crippen LogP contribution in [-0.4, -0.2) is 36.6 Å². The van der Waals surface area contributed by atoms with Crippen LogP contribution in [0, 0.1) is 0 Å². The van der Waals surface area contributed by atoms with E-state index in [0.29, 0.717) is 11.3 Å². The number of carbonyl (C=O) groups is 1. The summed E-state index contributed by atoms with van der Waals surface area (Å²) >= 11 is 0. The third-order valence-corrected chi connectivity index (χ3v) is 3.78. The van der Waals surface area contributed by atoms with Gasteiger partial charge in [0.15, 0.2) is 0 Å². The Kier molecular flexibility index (Phi) is 7.54. The van der Waals surface area contributed by atoms with E-state index in [1.54, 1.807) is 24.3 Å². The van der Waals surface area contributed by atoms with Crippen molar-refractivity contribution in [3.63, 3.8) is 0 Å². The normalized spacial score (nSPS) is 16.2. The monoisotopic (exact) mass is 312 g/mol. The number of likely N-dealkylation sites (tertiary alicyclic amines) is 1. The molecule has 4 nitrogen and oxygen atoms in total. The minimum Gasteiger partial charge on any atom is -1.00 e. The Labute approximate surface area is 134 Å². The van der Waals surface area contributed by atoms with E-state index in [1.807, 2.05) is 0 Å². The predicted molar refractivity (Wildman–Crippen MR) is 81.8 cm³/mol. The first-order valence-electron chi connectivity index (χ1n) is 7.48. The zero-order valence-electron chi connectivity index (χ0n) is 13.6. The van der Waals surface area contributed by atoms with E-state index >= 15 is 0 Å². The third kappa shape index (κ3) is 5.56. The topological polar surface area (TPSA) is 55.6 Å². The molecule has 21 heavy (non-hydrogen) atoms. The van der Waals surface area contributed by atoms with Crippen molar-refractivity contribution < 1.29 is 23.4 Å². The van der Waals surface area contributed by atoms with E-state index in [4.69, 9.17) is 10.5 Å². The van der Waals surface area contributed by atoms with Crippen molar-refractivity contribution in [3.8, 4) is 0 Å². The zero-order valence-corrected chi connectivity index (χ0v) is 13.3. The summed E-state index contributed by atoms with van der Waals surface area (Å²) in [6, 6.07) is 6.88. The lowest BCUT2D eigenvalue weighted by Crippen LogP contribution is -3.00. The van der Waals surface area contributed by atoms with Gasteiger partial charge in [0.25, 0.3) is 0 Å². The van der Waals surface area contributed by atoms with Crippen LogP contribution in [0.1, 0.15) is 44.4 Å². The maximum Gasteiger partial charge on any atom is 1.00 e. The standard InChI is InChI=1S/C16H24N2O2.ClH/c1-2-3-10-18-11-8-15(9-12-18)20-16(19)13-4-6-14(17)7-5-13;/h4-7,15H,2-3,8-12,17H2,1H3;1H.